The van der Waals surface area contributed by atoms with E-state index in [9.17, 15) is 9.59 Å². The maximum Gasteiger partial charge on any atom is 0.367 e. The second kappa shape index (κ2) is 6.42. The maximum atomic E-state index is 11.0. The molecule has 0 radical (unpaired) electrons. The third-order valence-corrected chi connectivity index (χ3v) is 2.24. The molecule has 1 aliphatic rings. The first-order valence-electron chi connectivity index (χ1n) is 4.64. The smallest absolute Gasteiger partial charge is 0.367 e. The van der Waals surface area contributed by atoms with E-state index < -0.39 is 16.8 Å². The fourth-order valence-corrected chi connectivity index (χ4v) is 1.23. The molecule has 0 atom stereocenters. The molecule has 1 aliphatic carbocycles. The van der Waals surface area contributed by atoms with Gasteiger partial charge in [0.05, 0.1) is 12.1 Å². The number of aliphatic carboxylic acids is 1. The minimum absolute atomic E-state index is 0.189. The van der Waals surface area contributed by atoms with Gasteiger partial charge in [0, 0.05) is 6.42 Å². The predicted octanol–water partition coefficient (Wildman–Crippen LogP) is 2.05. The Hall–Kier alpha value is -1.33. The number of carboxylic acids is 1. The van der Waals surface area contributed by atoms with Crippen molar-refractivity contribution in [3.05, 3.63) is 23.8 Å². The Bertz CT molecular complexity index is 413. The highest BCUT2D eigenvalue weighted by Crippen LogP contribution is 2.14. The van der Waals surface area contributed by atoms with E-state index in [1.165, 1.54) is 0 Å². The van der Waals surface area contributed by atoms with Crippen LogP contribution in [-0.2, 0) is 14.4 Å². The number of carbonyl (C=O) groups excluding carboxylic acids is 1. The van der Waals surface area contributed by atoms with Crippen LogP contribution in [0.5, 0.6) is 0 Å². The van der Waals surface area contributed by atoms with Gasteiger partial charge >= 0.3 is 11.9 Å². The first-order chi connectivity index (χ1) is 8.00. The van der Waals surface area contributed by atoms with Crippen LogP contribution in [0.15, 0.2) is 29.0 Å². The molecule has 0 fully saturated rings. The molecule has 0 saturated heterocycles. The van der Waals surface area contributed by atoms with E-state index in [0.29, 0.717) is 17.7 Å². The monoisotopic (exact) mass is 277 g/mol. The Morgan fingerprint density at radius 2 is 2.24 bits per heavy atom. The van der Waals surface area contributed by atoms with Crippen molar-refractivity contribution >= 4 is 40.9 Å². The Balaban J connectivity index is 2.72. The predicted molar refractivity (Wildman–Crippen MR) is 63.1 cm³/mol. The molecule has 0 aliphatic heterocycles. The molecule has 1 rings (SSSR count). The van der Waals surface area contributed by atoms with Crippen molar-refractivity contribution in [3.8, 4) is 0 Å². The third-order valence-electron chi connectivity index (χ3n) is 1.88. The molecular formula is C10H9Cl2NO4. The summed E-state index contributed by atoms with van der Waals surface area (Å²) in [6, 6.07) is 0. The van der Waals surface area contributed by atoms with Crippen LogP contribution < -0.4 is 0 Å². The van der Waals surface area contributed by atoms with E-state index in [4.69, 9.17) is 28.3 Å². The van der Waals surface area contributed by atoms with Crippen LogP contribution in [0.4, 0.5) is 0 Å². The maximum absolute atomic E-state index is 11.0. The topological polar surface area (TPSA) is 76.0 Å². The number of hydrogen-bond acceptors (Lipinski definition) is 4. The molecule has 0 saturated carbocycles. The Kier molecular flexibility index (Phi) is 5.18. The van der Waals surface area contributed by atoms with Crippen LogP contribution in [0.25, 0.3) is 0 Å². The van der Waals surface area contributed by atoms with Crippen LogP contribution in [0.3, 0.4) is 0 Å². The van der Waals surface area contributed by atoms with E-state index in [1.54, 1.807) is 18.2 Å². The molecule has 92 valence electrons. The lowest BCUT2D eigenvalue weighted by Crippen LogP contribution is -2.14. The largest absolute Gasteiger partial charge is 0.481 e. The molecule has 0 bridgehead atoms. The fraction of sp³-hybridized carbons (Fsp3) is 0.300. The summed E-state index contributed by atoms with van der Waals surface area (Å²) in [7, 11) is 0. The summed E-state index contributed by atoms with van der Waals surface area (Å²) in [5.74, 6) is -1.89. The normalized spacial score (nSPS) is 17.1. The average Bonchev–Trinajstić information content (AvgIpc) is 2.26. The summed E-state index contributed by atoms with van der Waals surface area (Å²) < 4.78 is 0. The lowest BCUT2D eigenvalue weighted by atomic mass is 10.00. The zero-order valence-corrected chi connectivity index (χ0v) is 10.1. The SMILES string of the molecule is O=C(O)CC1=CC=CCC1=NOC(=O)C(Cl)Cl. The van der Waals surface area contributed by atoms with Gasteiger partial charge in [-0.1, -0.05) is 46.6 Å². The molecule has 0 aromatic heterocycles. The number of carboxylic acid groups (broad SMARTS) is 1. The van der Waals surface area contributed by atoms with Crippen LogP contribution in [0.2, 0.25) is 0 Å². The minimum Gasteiger partial charge on any atom is -0.481 e. The summed E-state index contributed by atoms with van der Waals surface area (Å²) in [4.78, 5) is 24.7. The summed E-state index contributed by atoms with van der Waals surface area (Å²) >= 11 is 10.5. The van der Waals surface area contributed by atoms with Gasteiger partial charge in [-0.2, -0.15) is 0 Å². The molecule has 0 spiro atoms. The number of rotatable bonds is 4. The molecule has 0 aromatic rings. The third kappa shape index (κ3) is 4.58. The molecule has 0 aromatic carbocycles. The van der Waals surface area contributed by atoms with Gasteiger partial charge in [-0.3, -0.25) is 4.79 Å². The Morgan fingerprint density at radius 3 is 2.82 bits per heavy atom. The number of carbonyl (C=O) groups is 2. The van der Waals surface area contributed by atoms with Gasteiger partial charge in [0.2, 0.25) is 4.84 Å². The van der Waals surface area contributed by atoms with Gasteiger partial charge in [0.25, 0.3) is 0 Å². The van der Waals surface area contributed by atoms with Crippen molar-refractivity contribution in [3.63, 3.8) is 0 Å². The van der Waals surface area contributed by atoms with Gasteiger partial charge in [0.1, 0.15) is 0 Å². The molecule has 0 amide bonds. The van der Waals surface area contributed by atoms with Crippen molar-refractivity contribution < 1.29 is 19.5 Å². The van der Waals surface area contributed by atoms with E-state index in [2.05, 4.69) is 9.99 Å². The number of nitrogens with zero attached hydrogens (tertiary/aromatic N) is 1. The number of hydrogen-bond donors (Lipinski definition) is 1. The lowest BCUT2D eigenvalue weighted by Gasteiger charge is -2.09. The summed E-state index contributed by atoms with van der Waals surface area (Å²) in [5, 5.41) is 12.2. The Labute approximate surface area is 107 Å². The van der Waals surface area contributed by atoms with Crippen molar-refractivity contribution in [2.24, 2.45) is 5.16 Å². The second-order valence-electron chi connectivity index (χ2n) is 3.14. The lowest BCUT2D eigenvalue weighted by molar-refractivity contribution is -0.141. The van der Waals surface area contributed by atoms with E-state index in [-0.39, 0.29) is 6.42 Å². The molecule has 7 heteroatoms. The second-order valence-corrected chi connectivity index (χ2v) is 4.24. The van der Waals surface area contributed by atoms with Gasteiger partial charge in [-0.25, -0.2) is 4.79 Å². The summed E-state index contributed by atoms with van der Waals surface area (Å²) in [6.45, 7) is 0. The van der Waals surface area contributed by atoms with E-state index in [1.807, 2.05) is 0 Å². The van der Waals surface area contributed by atoms with Crippen molar-refractivity contribution in [1.29, 1.82) is 0 Å². The average molecular weight is 278 g/mol. The first kappa shape index (κ1) is 13.7. The number of halogens is 2. The van der Waals surface area contributed by atoms with Crippen LogP contribution in [0, 0.1) is 0 Å². The summed E-state index contributed by atoms with van der Waals surface area (Å²) in [5.41, 5.74) is 0.853. The van der Waals surface area contributed by atoms with E-state index >= 15 is 0 Å². The van der Waals surface area contributed by atoms with Gasteiger partial charge in [-0.15, -0.1) is 0 Å². The fourth-order valence-electron chi connectivity index (χ4n) is 1.15. The van der Waals surface area contributed by atoms with Gasteiger partial charge in [0.15, 0.2) is 0 Å². The highest BCUT2D eigenvalue weighted by molar-refractivity contribution is 6.52. The first-order valence-corrected chi connectivity index (χ1v) is 5.51. The molecule has 1 N–H and O–H groups in total. The van der Waals surface area contributed by atoms with E-state index in [0.717, 1.165) is 0 Å². The van der Waals surface area contributed by atoms with Gasteiger partial charge < -0.3 is 9.94 Å². The van der Waals surface area contributed by atoms with Crippen LogP contribution >= 0.6 is 23.2 Å². The highest BCUT2D eigenvalue weighted by atomic mass is 35.5. The number of oxime groups is 1. The standard InChI is InChI=1S/C10H9Cl2NO4/c11-9(12)10(16)17-13-7-4-2-1-3-6(7)5-8(14)15/h1-3,9H,4-5H2,(H,14,15). The number of alkyl halides is 2. The molecule has 5 nitrogen and oxygen atoms in total. The van der Waals surface area contributed by atoms with Crippen LogP contribution in [-0.4, -0.2) is 27.6 Å². The molecular weight excluding hydrogens is 269 g/mol. The quantitative estimate of drug-likeness (QED) is 0.485. The number of allylic oxidation sites excluding steroid dienone is 3. The summed E-state index contributed by atoms with van der Waals surface area (Å²) in [6.07, 6.45) is 5.28. The zero-order chi connectivity index (χ0) is 12.8. The van der Waals surface area contributed by atoms with Gasteiger partial charge in [-0.05, 0) is 5.57 Å². The molecule has 0 heterocycles. The van der Waals surface area contributed by atoms with Crippen molar-refractivity contribution in [2.75, 3.05) is 0 Å². The van der Waals surface area contributed by atoms with Crippen LogP contribution in [0.1, 0.15) is 12.8 Å². The van der Waals surface area contributed by atoms with Crippen molar-refractivity contribution in [1.82, 2.24) is 0 Å². The molecule has 0 unspecified atom stereocenters. The van der Waals surface area contributed by atoms with Crippen molar-refractivity contribution in [2.45, 2.75) is 17.7 Å². The molecule has 17 heavy (non-hydrogen) atoms. The Morgan fingerprint density at radius 1 is 1.53 bits per heavy atom. The zero-order valence-electron chi connectivity index (χ0n) is 8.60. The minimum atomic E-state index is -1.31. The highest BCUT2D eigenvalue weighted by Gasteiger charge is 2.16.